The van der Waals surface area contributed by atoms with Crippen molar-refractivity contribution in [2.24, 2.45) is 0 Å². The van der Waals surface area contributed by atoms with Gasteiger partial charge in [-0.15, -0.1) is 0 Å². The average Bonchev–Trinajstić information content (AvgIpc) is 3.22. The molecule has 0 fully saturated rings. The summed E-state index contributed by atoms with van der Waals surface area (Å²) < 4.78 is 26.3. The summed E-state index contributed by atoms with van der Waals surface area (Å²) in [5.74, 6) is -0.327. The lowest BCUT2D eigenvalue weighted by Gasteiger charge is -2.24. The first kappa shape index (κ1) is 27.9. The molecule has 39 heavy (non-hydrogen) atoms. The lowest BCUT2D eigenvalue weighted by molar-refractivity contribution is -0.119. The van der Waals surface area contributed by atoms with Crippen LogP contribution in [0.15, 0.2) is 72.8 Å². The highest BCUT2D eigenvalue weighted by Crippen LogP contribution is 2.37. The van der Waals surface area contributed by atoms with E-state index in [9.17, 15) is 18.0 Å². The Bertz CT molecular complexity index is 1500. The summed E-state index contributed by atoms with van der Waals surface area (Å²) in [5, 5.41) is 9.12. The lowest BCUT2D eigenvalue weighted by atomic mass is 9.99. The van der Waals surface area contributed by atoms with Crippen molar-refractivity contribution in [2.75, 3.05) is 48.4 Å². The van der Waals surface area contributed by atoms with Crippen molar-refractivity contribution in [2.45, 2.75) is 13.5 Å². The van der Waals surface area contributed by atoms with Crippen LogP contribution < -0.4 is 20.3 Å². The molecule has 204 valence electrons. The quantitative estimate of drug-likeness (QED) is 0.335. The number of para-hydroxylation sites is 1. The van der Waals surface area contributed by atoms with Crippen molar-refractivity contribution in [1.82, 2.24) is 10.2 Å². The topological polar surface area (TPSA) is 111 Å². The fraction of sp³-hybridized carbons (Fsp3) is 0.241. The van der Waals surface area contributed by atoms with Crippen molar-refractivity contribution < 1.29 is 18.0 Å². The molecule has 0 aliphatic carbocycles. The summed E-state index contributed by atoms with van der Waals surface area (Å²) in [6, 6.07) is 22.2. The summed E-state index contributed by atoms with van der Waals surface area (Å²) in [7, 11) is 0.327. The number of carbonyl (C=O) groups excluding carboxylic acids is 2. The minimum Gasteiger partial charge on any atom is -0.354 e. The van der Waals surface area contributed by atoms with Crippen molar-refractivity contribution in [1.29, 1.82) is 0 Å². The Morgan fingerprint density at radius 2 is 1.59 bits per heavy atom. The number of benzene rings is 3. The molecule has 9 nitrogen and oxygen atoms in total. The fourth-order valence-electron chi connectivity index (χ4n) is 4.29. The largest absolute Gasteiger partial charge is 0.354 e. The molecule has 2 amide bonds. The molecule has 0 saturated heterocycles. The maximum absolute atomic E-state index is 13.1. The number of nitrogens with zero attached hydrogens (tertiary/aromatic N) is 2. The fourth-order valence-corrected chi connectivity index (χ4v) is 5.21. The summed E-state index contributed by atoms with van der Waals surface area (Å²) in [5.41, 5.74) is 5.62. The number of hydrogen-bond donors (Lipinski definition) is 3. The van der Waals surface area contributed by atoms with Crippen LogP contribution >= 0.6 is 0 Å². The van der Waals surface area contributed by atoms with Gasteiger partial charge in [0.2, 0.25) is 15.9 Å². The summed E-state index contributed by atoms with van der Waals surface area (Å²) in [4.78, 5) is 26.4. The Hall–Kier alpha value is -4.15. The number of carbonyl (C=O) groups is 2. The van der Waals surface area contributed by atoms with Crippen molar-refractivity contribution in [3.63, 3.8) is 0 Å². The smallest absolute Gasteiger partial charge is 0.258 e. The van der Waals surface area contributed by atoms with Gasteiger partial charge >= 0.3 is 0 Å². The highest BCUT2D eigenvalue weighted by atomic mass is 32.2. The molecule has 0 aromatic heterocycles. The number of anilines is 3. The maximum Gasteiger partial charge on any atom is 0.258 e. The van der Waals surface area contributed by atoms with Crippen LogP contribution in [0.2, 0.25) is 0 Å². The third kappa shape index (κ3) is 6.84. The second-order valence-electron chi connectivity index (χ2n) is 9.67. The van der Waals surface area contributed by atoms with Crippen LogP contribution in [0.25, 0.3) is 11.3 Å². The number of sulfonamides is 1. The summed E-state index contributed by atoms with van der Waals surface area (Å²) in [6.07, 6.45) is 1.20. The van der Waals surface area contributed by atoms with E-state index in [1.807, 2.05) is 67.5 Å². The van der Waals surface area contributed by atoms with Gasteiger partial charge < -0.3 is 20.9 Å². The number of nitrogens with one attached hydrogen (secondary N) is 3. The Morgan fingerprint density at radius 3 is 2.21 bits per heavy atom. The van der Waals surface area contributed by atoms with Crippen molar-refractivity contribution >= 4 is 50.2 Å². The summed E-state index contributed by atoms with van der Waals surface area (Å²) in [6.45, 7) is 2.79. The van der Waals surface area contributed by atoms with E-state index in [1.165, 1.54) is 17.5 Å². The van der Waals surface area contributed by atoms with Crippen LogP contribution in [0.5, 0.6) is 0 Å². The number of fused-ring (bicyclic) bond motifs is 1. The molecule has 0 radical (unpaired) electrons. The molecule has 0 spiro atoms. The predicted molar refractivity (Wildman–Crippen MR) is 157 cm³/mol. The highest BCUT2D eigenvalue weighted by molar-refractivity contribution is 7.92. The van der Waals surface area contributed by atoms with E-state index in [1.54, 1.807) is 24.3 Å². The predicted octanol–water partition coefficient (Wildman–Crippen LogP) is 3.58. The molecular formula is C29H33N5O4S. The molecule has 0 atom stereocenters. The molecule has 0 bridgehead atoms. The second kappa shape index (κ2) is 11.7. The first-order valence-corrected chi connectivity index (χ1v) is 14.4. The Balaban J connectivity index is 1.70. The zero-order valence-electron chi connectivity index (χ0n) is 22.5. The molecular weight excluding hydrogens is 514 g/mol. The lowest BCUT2D eigenvalue weighted by Crippen LogP contribution is -2.35. The van der Waals surface area contributed by atoms with Crippen molar-refractivity contribution in [3.05, 3.63) is 89.5 Å². The third-order valence-corrected chi connectivity index (χ3v) is 7.48. The number of amides is 2. The molecule has 1 aliphatic heterocycles. The van der Waals surface area contributed by atoms with E-state index in [-0.39, 0.29) is 11.8 Å². The molecule has 0 saturated carbocycles. The average molecular weight is 548 g/mol. The third-order valence-electron chi connectivity index (χ3n) is 6.28. The van der Waals surface area contributed by atoms with E-state index in [0.29, 0.717) is 42.3 Å². The van der Waals surface area contributed by atoms with Gasteiger partial charge in [0.05, 0.1) is 23.2 Å². The maximum atomic E-state index is 13.1. The zero-order valence-corrected chi connectivity index (χ0v) is 23.3. The van der Waals surface area contributed by atoms with Crippen LogP contribution in [-0.4, -0.2) is 58.6 Å². The first-order chi connectivity index (χ1) is 18.5. The normalized spacial score (nSPS) is 14.0. The van der Waals surface area contributed by atoms with Gasteiger partial charge in [-0.25, -0.2) is 8.42 Å². The SMILES string of the molecule is CC(=O)NCc1ccc(/C(Nc2ccc(N(CCN(C)C)S(C)(=O)=O)cc2)=C2/C(=O)Nc3ccccc32)cc1. The molecule has 10 heteroatoms. The second-order valence-corrected chi connectivity index (χ2v) is 11.6. The van der Waals surface area contributed by atoms with Crippen LogP contribution in [0.1, 0.15) is 23.6 Å². The molecule has 3 aromatic rings. The first-order valence-electron chi connectivity index (χ1n) is 12.5. The number of hydrogen-bond acceptors (Lipinski definition) is 6. The van der Waals surface area contributed by atoms with E-state index in [0.717, 1.165) is 22.4 Å². The van der Waals surface area contributed by atoms with Gasteiger partial charge in [0.15, 0.2) is 0 Å². The Morgan fingerprint density at radius 1 is 0.923 bits per heavy atom. The van der Waals surface area contributed by atoms with Crippen LogP contribution in [-0.2, 0) is 26.2 Å². The van der Waals surface area contributed by atoms with Gasteiger partial charge in [-0.2, -0.15) is 0 Å². The Labute approximate surface area is 229 Å². The minimum atomic E-state index is -3.46. The van der Waals surface area contributed by atoms with Gasteiger partial charge in [-0.1, -0.05) is 42.5 Å². The molecule has 4 rings (SSSR count). The number of likely N-dealkylation sites (N-methyl/N-ethyl adjacent to an activating group) is 1. The van der Waals surface area contributed by atoms with E-state index >= 15 is 0 Å². The van der Waals surface area contributed by atoms with E-state index < -0.39 is 10.0 Å². The van der Waals surface area contributed by atoms with Gasteiger partial charge in [-0.05, 0) is 55.6 Å². The minimum absolute atomic E-state index is 0.109. The van der Waals surface area contributed by atoms with Crippen LogP contribution in [0, 0.1) is 0 Å². The molecule has 3 N–H and O–H groups in total. The number of rotatable bonds is 10. The van der Waals surface area contributed by atoms with Gasteiger partial charge in [-0.3, -0.25) is 13.9 Å². The standard InChI is InChI=1S/C29H33N5O4S/c1-20(35)30-19-21-9-11-22(12-10-21)28(27-25-7-5-6-8-26(25)32-29(27)36)31-23-13-15-24(16-14-23)34(39(4,37)38)18-17-33(2)3/h5-16,31H,17-19H2,1-4H3,(H,30,35)(H,32,36)/b28-27-. The van der Waals surface area contributed by atoms with E-state index in [4.69, 9.17) is 0 Å². The van der Waals surface area contributed by atoms with E-state index in [2.05, 4.69) is 16.0 Å². The molecule has 3 aromatic carbocycles. The zero-order chi connectivity index (χ0) is 28.2. The molecule has 1 aliphatic rings. The van der Waals surface area contributed by atoms with Crippen LogP contribution in [0.3, 0.4) is 0 Å². The van der Waals surface area contributed by atoms with Gasteiger partial charge in [0.1, 0.15) is 0 Å². The molecule has 0 unspecified atom stereocenters. The highest BCUT2D eigenvalue weighted by Gasteiger charge is 2.28. The Kier molecular flexibility index (Phi) is 8.37. The van der Waals surface area contributed by atoms with Gasteiger partial charge in [0.25, 0.3) is 5.91 Å². The van der Waals surface area contributed by atoms with Crippen LogP contribution in [0.4, 0.5) is 17.1 Å². The molecule has 1 heterocycles. The van der Waals surface area contributed by atoms with Gasteiger partial charge in [0, 0.05) is 43.5 Å². The summed E-state index contributed by atoms with van der Waals surface area (Å²) >= 11 is 0. The van der Waals surface area contributed by atoms with Crippen molar-refractivity contribution in [3.8, 4) is 0 Å². The monoisotopic (exact) mass is 547 g/mol.